The zero-order chi connectivity index (χ0) is 21.6. The van der Waals surface area contributed by atoms with Gasteiger partial charge in [-0.3, -0.25) is 14.7 Å². The van der Waals surface area contributed by atoms with Crippen LogP contribution >= 0.6 is 0 Å². The molecule has 3 aromatic rings. The molecule has 4 rings (SSSR count). The highest BCUT2D eigenvalue weighted by Crippen LogP contribution is 2.27. The Labute approximate surface area is 182 Å². The molecule has 1 aliphatic heterocycles. The Morgan fingerprint density at radius 3 is 2.58 bits per heavy atom. The number of rotatable bonds is 6. The van der Waals surface area contributed by atoms with Crippen molar-refractivity contribution in [3.63, 3.8) is 0 Å². The first-order chi connectivity index (χ1) is 15.2. The highest BCUT2D eigenvalue weighted by Gasteiger charge is 2.33. The summed E-state index contributed by atoms with van der Waals surface area (Å²) in [6.45, 7) is 4.27. The minimum atomic E-state index is -0.286. The van der Waals surface area contributed by atoms with Gasteiger partial charge in [0.1, 0.15) is 5.69 Å². The molecule has 0 aliphatic carbocycles. The maximum Gasteiger partial charge on any atom is 0.271 e. The molecule has 1 N–H and O–H groups in total. The van der Waals surface area contributed by atoms with Crippen LogP contribution in [0.1, 0.15) is 29.4 Å². The molecule has 0 radical (unpaired) electrons. The Morgan fingerprint density at radius 1 is 1.06 bits per heavy atom. The van der Waals surface area contributed by atoms with Crippen molar-refractivity contribution in [2.24, 2.45) is 5.92 Å². The Hall–Kier alpha value is -3.41. The SMILES string of the molecule is CCCN1CCN(C(=O)c2ccn[nH]2)CC(Cc2ccccc2-c2ccccc2)C1=O. The number of benzene rings is 2. The molecule has 1 aliphatic rings. The minimum absolute atomic E-state index is 0.106. The lowest BCUT2D eigenvalue weighted by Gasteiger charge is -2.24. The van der Waals surface area contributed by atoms with Crippen molar-refractivity contribution in [2.75, 3.05) is 26.2 Å². The van der Waals surface area contributed by atoms with Gasteiger partial charge in [-0.05, 0) is 35.6 Å². The van der Waals surface area contributed by atoms with Crippen molar-refractivity contribution < 1.29 is 9.59 Å². The molecule has 2 aromatic carbocycles. The van der Waals surface area contributed by atoms with E-state index < -0.39 is 0 Å². The van der Waals surface area contributed by atoms with Crippen LogP contribution in [0.2, 0.25) is 0 Å². The normalized spacial score (nSPS) is 16.9. The average molecular weight is 417 g/mol. The molecule has 2 heterocycles. The molecule has 2 amide bonds. The molecule has 1 saturated heterocycles. The molecule has 1 unspecified atom stereocenters. The second kappa shape index (κ2) is 9.60. The molecule has 1 fully saturated rings. The zero-order valence-corrected chi connectivity index (χ0v) is 17.8. The molecule has 0 bridgehead atoms. The van der Waals surface area contributed by atoms with Crippen molar-refractivity contribution in [3.05, 3.63) is 78.1 Å². The van der Waals surface area contributed by atoms with Gasteiger partial charge in [-0.25, -0.2) is 0 Å². The van der Waals surface area contributed by atoms with Crippen LogP contribution in [-0.4, -0.2) is 58.0 Å². The number of aromatic amines is 1. The quantitative estimate of drug-likeness (QED) is 0.667. The number of hydrogen-bond acceptors (Lipinski definition) is 3. The summed E-state index contributed by atoms with van der Waals surface area (Å²) in [5.74, 6) is -0.264. The van der Waals surface area contributed by atoms with E-state index >= 15 is 0 Å². The van der Waals surface area contributed by atoms with Crippen LogP contribution in [0, 0.1) is 5.92 Å². The van der Waals surface area contributed by atoms with Crippen LogP contribution in [0.3, 0.4) is 0 Å². The Kier molecular flexibility index (Phi) is 6.46. The predicted octanol–water partition coefficient (Wildman–Crippen LogP) is 3.63. The van der Waals surface area contributed by atoms with E-state index in [4.69, 9.17) is 0 Å². The predicted molar refractivity (Wildman–Crippen MR) is 120 cm³/mol. The largest absolute Gasteiger partial charge is 0.341 e. The van der Waals surface area contributed by atoms with Crippen molar-refractivity contribution in [3.8, 4) is 11.1 Å². The number of carbonyl (C=O) groups is 2. The third kappa shape index (κ3) is 4.68. The summed E-state index contributed by atoms with van der Waals surface area (Å²) in [5, 5.41) is 6.66. The van der Waals surface area contributed by atoms with Gasteiger partial charge in [0.15, 0.2) is 0 Å². The van der Waals surface area contributed by atoms with Gasteiger partial charge >= 0.3 is 0 Å². The molecule has 0 saturated carbocycles. The number of aromatic nitrogens is 2. The summed E-state index contributed by atoms with van der Waals surface area (Å²) >= 11 is 0. The first-order valence-corrected chi connectivity index (χ1v) is 10.9. The van der Waals surface area contributed by atoms with Gasteiger partial charge in [0.05, 0.1) is 5.92 Å². The van der Waals surface area contributed by atoms with Crippen LogP contribution in [-0.2, 0) is 11.2 Å². The molecule has 31 heavy (non-hydrogen) atoms. The smallest absolute Gasteiger partial charge is 0.271 e. The second-order valence-corrected chi connectivity index (χ2v) is 7.97. The van der Waals surface area contributed by atoms with Crippen molar-refractivity contribution in [1.82, 2.24) is 20.0 Å². The van der Waals surface area contributed by atoms with Crippen molar-refractivity contribution in [1.29, 1.82) is 0 Å². The van der Waals surface area contributed by atoms with E-state index in [1.165, 1.54) is 0 Å². The zero-order valence-electron chi connectivity index (χ0n) is 17.8. The third-order valence-electron chi connectivity index (χ3n) is 5.82. The number of nitrogens with one attached hydrogen (secondary N) is 1. The third-order valence-corrected chi connectivity index (χ3v) is 5.82. The highest BCUT2D eigenvalue weighted by molar-refractivity contribution is 5.93. The number of H-pyrrole nitrogens is 1. The summed E-state index contributed by atoms with van der Waals surface area (Å²) in [5.41, 5.74) is 3.85. The lowest BCUT2D eigenvalue weighted by Crippen LogP contribution is -2.38. The summed E-state index contributed by atoms with van der Waals surface area (Å²) in [4.78, 5) is 30.1. The fraction of sp³-hybridized carbons (Fsp3) is 0.320. The van der Waals surface area contributed by atoms with E-state index in [-0.39, 0.29) is 17.7 Å². The number of carbonyl (C=O) groups excluding carboxylic acids is 2. The van der Waals surface area contributed by atoms with E-state index in [1.54, 1.807) is 17.2 Å². The van der Waals surface area contributed by atoms with Gasteiger partial charge in [-0.2, -0.15) is 5.10 Å². The first kappa shape index (κ1) is 20.8. The van der Waals surface area contributed by atoms with Crippen LogP contribution in [0.25, 0.3) is 11.1 Å². The summed E-state index contributed by atoms with van der Waals surface area (Å²) in [6.07, 6.45) is 3.07. The minimum Gasteiger partial charge on any atom is -0.341 e. The standard InChI is InChI=1S/C25H28N4O2/c1-2-14-28-15-16-29(25(31)23-12-13-26-27-23)18-21(24(28)30)17-20-10-6-7-11-22(20)19-8-4-3-5-9-19/h3-13,21H,2,14-18H2,1H3,(H,26,27). The van der Waals surface area contributed by atoms with Crippen LogP contribution in [0.5, 0.6) is 0 Å². The summed E-state index contributed by atoms with van der Waals surface area (Å²) < 4.78 is 0. The highest BCUT2D eigenvalue weighted by atomic mass is 16.2. The van der Waals surface area contributed by atoms with Crippen LogP contribution in [0.15, 0.2) is 66.9 Å². The lowest BCUT2D eigenvalue weighted by molar-refractivity contribution is -0.134. The number of nitrogens with zero attached hydrogens (tertiary/aromatic N) is 3. The molecular weight excluding hydrogens is 388 g/mol. The Balaban J connectivity index is 1.63. The van der Waals surface area contributed by atoms with E-state index in [2.05, 4.69) is 41.4 Å². The number of hydrogen-bond donors (Lipinski definition) is 1. The van der Waals surface area contributed by atoms with Crippen molar-refractivity contribution >= 4 is 11.8 Å². The molecule has 160 valence electrons. The first-order valence-electron chi connectivity index (χ1n) is 10.9. The summed E-state index contributed by atoms with van der Waals surface area (Å²) in [6, 6.07) is 20.1. The van der Waals surface area contributed by atoms with E-state index in [9.17, 15) is 9.59 Å². The molecule has 6 heteroatoms. The Bertz CT molecular complexity index is 1020. The van der Waals surface area contributed by atoms with Crippen LogP contribution < -0.4 is 0 Å². The second-order valence-electron chi connectivity index (χ2n) is 7.97. The molecule has 1 aromatic heterocycles. The molecule has 0 spiro atoms. The van der Waals surface area contributed by atoms with Crippen LogP contribution in [0.4, 0.5) is 0 Å². The summed E-state index contributed by atoms with van der Waals surface area (Å²) in [7, 11) is 0. The topological polar surface area (TPSA) is 69.3 Å². The number of amides is 2. The van der Waals surface area contributed by atoms with E-state index in [0.29, 0.717) is 38.3 Å². The Morgan fingerprint density at radius 2 is 1.84 bits per heavy atom. The van der Waals surface area contributed by atoms with Gasteiger partial charge in [-0.1, -0.05) is 61.5 Å². The van der Waals surface area contributed by atoms with Gasteiger partial charge in [0.25, 0.3) is 5.91 Å². The molecule has 6 nitrogen and oxygen atoms in total. The van der Waals surface area contributed by atoms with Gasteiger partial charge in [-0.15, -0.1) is 0 Å². The lowest BCUT2D eigenvalue weighted by atomic mass is 9.91. The molecular formula is C25H28N4O2. The van der Waals surface area contributed by atoms with Gasteiger partial charge in [0.2, 0.25) is 5.91 Å². The fourth-order valence-corrected chi connectivity index (χ4v) is 4.28. The molecule has 1 atom stereocenters. The van der Waals surface area contributed by atoms with E-state index in [1.807, 2.05) is 35.2 Å². The van der Waals surface area contributed by atoms with Gasteiger partial charge in [0, 0.05) is 32.4 Å². The maximum atomic E-state index is 13.4. The monoisotopic (exact) mass is 416 g/mol. The van der Waals surface area contributed by atoms with Crippen molar-refractivity contribution in [2.45, 2.75) is 19.8 Å². The van der Waals surface area contributed by atoms with Gasteiger partial charge < -0.3 is 9.80 Å². The fourth-order valence-electron chi connectivity index (χ4n) is 4.28. The van der Waals surface area contributed by atoms with E-state index in [0.717, 1.165) is 23.1 Å². The average Bonchev–Trinajstić information content (AvgIpc) is 3.30. The maximum absolute atomic E-state index is 13.4.